The molecule has 1 spiro atoms. The van der Waals surface area contributed by atoms with Crippen molar-refractivity contribution in [2.75, 3.05) is 0 Å². The number of hydrogen-bond acceptors (Lipinski definition) is 0. The summed E-state index contributed by atoms with van der Waals surface area (Å²) in [7, 11) is 0. The Morgan fingerprint density at radius 3 is 1.69 bits per heavy atom. The molecule has 0 saturated carbocycles. The molecule has 0 saturated heterocycles. The second-order valence-electron chi connectivity index (χ2n) is 13.6. The van der Waals surface area contributed by atoms with E-state index in [4.69, 9.17) is 0 Å². The Hall–Kier alpha value is -6.18. The average Bonchev–Trinajstić information content (AvgIpc) is 3.77. The largest absolute Gasteiger partial charge is 0.309 e. The van der Waals surface area contributed by atoms with E-state index >= 15 is 0 Å². The predicted molar refractivity (Wildman–Crippen MR) is 199 cm³/mol. The molecule has 1 aliphatic heterocycles. The highest BCUT2D eigenvalue weighted by Crippen LogP contribution is 2.61. The molecule has 48 heavy (non-hydrogen) atoms. The van der Waals surface area contributed by atoms with Crippen LogP contribution in [0.2, 0.25) is 0 Å². The number of fused-ring (bicyclic) bond motifs is 15. The van der Waals surface area contributed by atoms with Crippen molar-refractivity contribution < 1.29 is 0 Å². The van der Waals surface area contributed by atoms with Gasteiger partial charge in [0.2, 0.25) is 0 Å². The molecule has 1 aromatic heterocycles. The highest BCUT2D eigenvalue weighted by molar-refractivity contribution is 6.20. The third-order valence-corrected chi connectivity index (χ3v) is 11.5. The zero-order valence-corrected chi connectivity index (χ0v) is 26.0. The highest BCUT2D eigenvalue weighted by Gasteiger charge is 2.50. The maximum absolute atomic E-state index is 2.54. The van der Waals surface area contributed by atoms with E-state index in [2.05, 4.69) is 168 Å². The van der Waals surface area contributed by atoms with Crippen LogP contribution in [0.25, 0.3) is 82.8 Å². The molecular formula is C47H27N. The van der Waals surface area contributed by atoms with E-state index in [-0.39, 0.29) is 0 Å². The van der Waals surface area contributed by atoms with Crippen LogP contribution < -0.4 is 0 Å². The van der Waals surface area contributed by atoms with Crippen LogP contribution in [0.1, 0.15) is 22.3 Å². The molecule has 12 rings (SSSR count). The van der Waals surface area contributed by atoms with E-state index in [0.29, 0.717) is 0 Å². The minimum Gasteiger partial charge on any atom is -0.309 e. The summed E-state index contributed by atoms with van der Waals surface area (Å²) in [6.45, 7) is 0. The normalized spacial score (nSPS) is 14.0. The molecule has 0 N–H and O–H groups in total. The van der Waals surface area contributed by atoms with Crippen LogP contribution in [0.4, 0.5) is 0 Å². The molecule has 0 amide bonds. The molecule has 0 bridgehead atoms. The first-order chi connectivity index (χ1) is 23.8. The SMILES string of the molecule is c1ccc2c(c1)-c1cccc3c(-c4cc5c6c(c4)c4ccccc4n6-c4ccccc4C54c5ccccc5-c5ccccc54)ccc-2c13. The Balaban J connectivity index is 1.28. The summed E-state index contributed by atoms with van der Waals surface area (Å²) in [6.07, 6.45) is 0. The minimum atomic E-state index is -0.451. The number of hydrogen-bond donors (Lipinski definition) is 0. The monoisotopic (exact) mass is 605 g/mol. The summed E-state index contributed by atoms with van der Waals surface area (Å²) in [5, 5.41) is 5.28. The van der Waals surface area contributed by atoms with Gasteiger partial charge in [-0.25, -0.2) is 0 Å². The molecule has 0 atom stereocenters. The number of rotatable bonds is 1. The molecule has 0 unspecified atom stereocenters. The number of benzene rings is 8. The van der Waals surface area contributed by atoms with Crippen molar-refractivity contribution in [2.45, 2.75) is 5.41 Å². The van der Waals surface area contributed by atoms with Gasteiger partial charge in [0, 0.05) is 10.8 Å². The van der Waals surface area contributed by atoms with Crippen molar-refractivity contribution in [1.29, 1.82) is 0 Å². The van der Waals surface area contributed by atoms with Gasteiger partial charge in [-0.3, -0.25) is 0 Å². The topological polar surface area (TPSA) is 4.93 Å². The fourth-order valence-corrected chi connectivity index (χ4v) is 9.80. The van der Waals surface area contributed by atoms with Crippen LogP contribution in [-0.2, 0) is 5.41 Å². The van der Waals surface area contributed by atoms with Crippen molar-refractivity contribution in [3.63, 3.8) is 0 Å². The maximum atomic E-state index is 2.54. The second kappa shape index (κ2) is 8.59. The Labute approximate surface area is 278 Å². The summed E-state index contributed by atoms with van der Waals surface area (Å²) >= 11 is 0. The van der Waals surface area contributed by atoms with Gasteiger partial charge in [-0.05, 0) is 102 Å². The van der Waals surface area contributed by atoms with Crippen molar-refractivity contribution >= 4 is 32.6 Å². The van der Waals surface area contributed by atoms with Crippen LogP contribution in [0.3, 0.4) is 0 Å². The quantitative estimate of drug-likeness (QED) is 0.175. The average molecular weight is 606 g/mol. The molecule has 3 aliphatic rings. The smallest absolute Gasteiger partial charge is 0.0754 e. The van der Waals surface area contributed by atoms with E-state index in [1.807, 2.05) is 0 Å². The third-order valence-electron chi connectivity index (χ3n) is 11.5. The Morgan fingerprint density at radius 1 is 0.354 bits per heavy atom. The first-order valence-electron chi connectivity index (χ1n) is 16.9. The summed E-state index contributed by atoms with van der Waals surface area (Å²) < 4.78 is 2.54. The molecule has 220 valence electrons. The van der Waals surface area contributed by atoms with E-state index in [1.165, 1.54) is 105 Å². The van der Waals surface area contributed by atoms with E-state index in [1.54, 1.807) is 0 Å². The van der Waals surface area contributed by atoms with Gasteiger partial charge in [0.1, 0.15) is 0 Å². The number of nitrogens with zero attached hydrogens (tertiary/aromatic N) is 1. The summed E-state index contributed by atoms with van der Waals surface area (Å²) in [5.74, 6) is 0. The van der Waals surface area contributed by atoms with Crippen molar-refractivity contribution in [3.05, 3.63) is 186 Å². The summed E-state index contributed by atoms with van der Waals surface area (Å²) in [5.41, 5.74) is 19.3. The molecule has 2 heterocycles. The van der Waals surface area contributed by atoms with Crippen LogP contribution in [0, 0.1) is 0 Å². The molecule has 2 aliphatic carbocycles. The summed E-state index contributed by atoms with van der Waals surface area (Å²) in [6, 6.07) is 61.8. The van der Waals surface area contributed by atoms with Gasteiger partial charge in [-0.1, -0.05) is 140 Å². The zero-order chi connectivity index (χ0) is 31.1. The van der Waals surface area contributed by atoms with E-state index in [0.717, 1.165) is 0 Å². The lowest BCUT2D eigenvalue weighted by Crippen LogP contribution is -2.33. The molecule has 1 heteroatoms. The van der Waals surface area contributed by atoms with Gasteiger partial charge in [0.05, 0.1) is 22.1 Å². The van der Waals surface area contributed by atoms with Crippen LogP contribution in [-0.4, -0.2) is 4.57 Å². The first kappa shape index (κ1) is 25.0. The standard InChI is InChI=1S/C47H27N/c1-2-13-31-30(12-1)36-18-11-17-35-29(24-25-37(31)45(35)36)28-26-38-34-16-5-9-22-43(34)48-44-23-10-8-21-41(44)47(42(27-28)46(38)48)39-19-6-3-14-32(39)33-15-4-7-20-40(33)47/h1-27H. The number of para-hydroxylation sites is 2. The van der Waals surface area contributed by atoms with E-state index in [9.17, 15) is 0 Å². The van der Waals surface area contributed by atoms with Crippen molar-refractivity contribution in [1.82, 2.24) is 4.57 Å². The van der Waals surface area contributed by atoms with Gasteiger partial charge >= 0.3 is 0 Å². The molecule has 0 radical (unpaired) electrons. The zero-order valence-electron chi connectivity index (χ0n) is 26.0. The van der Waals surface area contributed by atoms with Crippen LogP contribution >= 0.6 is 0 Å². The molecule has 1 nitrogen and oxygen atoms in total. The van der Waals surface area contributed by atoms with Crippen molar-refractivity contribution in [2.24, 2.45) is 0 Å². The van der Waals surface area contributed by atoms with Gasteiger partial charge in [-0.2, -0.15) is 0 Å². The lowest BCUT2D eigenvalue weighted by atomic mass is 9.65. The maximum Gasteiger partial charge on any atom is 0.0754 e. The molecule has 9 aromatic rings. The molecule has 0 fully saturated rings. The van der Waals surface area contributed by atoms with Crippen LogP contribution in [0.5, 0.6) is 0 Å². The summed E-state index contributed by atoms with van der Waals surface area (Å²) in [4.78, 5) is 0. The van der Waals surface area contributed by atoms with Crippen molar-refractivity contribution in [3.8, 4) is 50.2 Å². The fraction of sp³-hybridized carbons (Fsp3) is 0.0213. The fourth-order valence-electron chi connectivity index (χ4n) is 9.80. The second-order valence-corrected chi connectivity index (χ2v) is 13.6. The lowest BCUT2D eigenvalue weighted by molar-refractivity contribution is 0.749. The Kier molecular flexibility index (Phi) is 4.47. The Bertz CT molecular complexity index is 2830. The van der Waals surface area contributed by atoms with Crippen LogP contribution in [0.15, 0.2) is 164 Å². The van der Waals surface area contributed by atoms with Gasteiger partial charge in [0.15, 0.2) is 0 Å². The first-order valence-corrected chi connectivity index (χ1v) is 16.9. The van der Waals surface area contributed by atoms with E-state index < -0.39 is 5.41 Å². The Morgan fingerprint density at radius 2 is 0.917 bits per heavy atom. The highest BCUT2D eigenvalue weighted by atomic mass is 15.0. The lowest BCUT2D eigenvalue weighted by Gasteiger charge is -2.40. The molecular weight excluding hydrogens is 579 g/mol. The number of aromatic nitrogens is 1. The van der Waals surface area contributed by atoms with Gasteiger partial charge < -0.3 is 4.57 Å². The third kappa shape index (κ3) is 2.75. The minimum absolute atomic E-state index is 0.451. The van der Waals surface area contributed by atoms with Gasteiger partial charge in [-0.15, -0.1) is 0 Å². The predicted octanol–water partition coefficient (Wildman–Crippen LogP) is 11.9. The van der Waals surface area contributed by atoms with Gasteiger partial charge in [0.25, 0.3) is 0 Å². The molecule has 8 aromatic carbocycles.